The first-order valence-corrected chi connectivity index (χ1v) is 6.49. The van der Waals surface area contributed by atoms with E-state index < -0.39 is 5.97 Å². The highest BCUT2D eigenvalue weighted by Gasteiger charge is 2.26. The summed E-state index contributed by atoms with van der Waals surface area (Å²) < 4.78 is 21.0. The Morgan fingerprint density at radius 1 is 1.09 bits per heavy atom. The molecule has 0 fully saturated rings. The molecule has 0 saturated carbocycles. The number of rotatable bonds is 5. The minimum Gasteiger partial charge on any atom is -0.493 e. The van der Waals surface area contributed by atoms with E-state index >= 15 is 0 Å². The summed E-state index contributed by atoms with van der Waals surface area (Å²) >= 11 is 0. The Morgan fingerprint density at radius 3 is 2.14 bits per heavy atom. The van der Waals surface area contributed by atoms with Gasteiger partial charge < -0.3 is 23.8 Å². The lowest BCUT2D eigenvalue weighted by Crippen LogP contribution is -2.08. The topological polar surface area (TPSA) is 69.6 Å². The van der Waals surface area contributed by atoms with E-state index in [4.69, 9.17) is 18.9 Å². The summed E-state index contributed by atoms with van der Waals surface area (Å²) in [6, 6.07) is 3.35. The monoisotopic (exact) mass is 306 g/mol. The summed E-state index contributed by atoms with van der Waals surface area (Å²) in [5.74, 6) is 1.07. The predicted molar refractivity (Wildman–Crippen MR) is 80.5 cm³/mol. The van der Waals surface area contributed by atoms with Gasteiger partial charge in [0.15, 0.2) is 17.2 Å². The summed E-state index contributed by atoms with van der Waals surface area (Å²) in [5, 5.41) is 0. The zero-order valence-corrected chi connectivity index (χ0v) is 13.2. The number of carbonyl (C=O) groups excluding carboxylic acids is 1. The average Bonchev–Trinajstić information content (AvgIpc) is 2.86. The van der Waals surface area contributed by atoms with Crippen molar-refractivity contribution in [3.05, 3.63) is 29.6 Å². The third-order valence-corrected chi connectivity index (χ3v) is 2.91. The van der Waals surface area contributed by atoms with Crippen molar-refractivity contribution in [2.45, 2.75) is 0 Å². The molecule has 1 aromatic rings. The van der Waals surface area contributed by atoms with Crippen molar-refractivity contribution >= 4 is 11.9 Å². The van der Waals surface area contributed by atoms with Gasteiger partial charge in [0.25, 0.3) is 0 Å². The number of cyclic esters (lactones) is 1. The van der Waals surface area contributed by atoms with Crippen LogP contribution in [0.3, 0.4) is 0 Å². The summed E-state index contributed by atoms with van der Waals surface area (Å²) in [4.78, 5) is 17.7. The molecule has 1 aliphatic heterocycles. The van der Waals surface area contributed by atoms with E-state index in [9.17, 15) is 4.79 Å². The zero-order chi connectivity index (χ0) is 16.3. The van der Waals surface area contributed by atoms with E-state index in [0.717, 1.165) is 0 Å². The normalized spacial score (nSPS) is 15.4. The van der Waals surface area contributed by atoms with Crippen LogP contribution < -0.4 is 14.2 Å². The highest BCUT2D eigenvalue weighted by molar-refractivity contribution is 6.11. The van der Waals surface area contributed by atoms with Crippen molar-refractivity contribution in [2.24, 2.45) is 4.99 Å². The molecule has 22 heavy (non-hydrogen) atoms. The molecule has 1 aromatic carbocycles. The van der Waals surface area contributed by atoms with E-state index in [1.165, 1.54) is 21.3 Å². The van der Waals surface area contributed by atoms with Gasteiger partial charge in [-0.1, -0.05) is 0 Å². The highest BCUT2D eigenvalue weighted by Crippen LogP contribution is 2.38. The Bertz CT molecular complexity index is 624. The number of benzene rings is 1. The number of carbonyl (C=O) groups is 1. The molecule has 7 nitrogen and oxygen atoms in total. The number of methoxy groups -OCH3 is 3. The quantitative estimate of drug-likeness (QED) is 0.605. The Labute approximate surface area is 128 Å². The lowest BCUT2D eigenvalue weighted by atomic mass is 10.2. The summed E-state index contributed by atoms with van der Waals surface area (Å²) in [5.41, 5.74) is 0.791. The van der Waals surface area contributed by atoms with Gasteiger partial charge in [0.2, 0.25) is 11.6 Å². The van der Waals surface area contributed by atoms with Crippen molar-refractivity contribution < 1.29 is 23.7 Å². The maximum atomic E-state index is 11.8. The largest absolute Gasteiger partial charge is 0.493 e. The Kier molecular flexibility index (Phi) is 4.55. The average molecular weight is 306 g/mol. The molecule has 0 aliphatic carbocycles. The maximum absolute atomic E-state index is 11.8. The SMILES string of the molecule is COc1cc(C2=N/C(=C\N(C)C)C(=O)O2)cc(OC)c1OC. The summed E-state index contributed by atoms with van der Waals surface area (Å²) in [7, 11) is 8.15. The molecule has 0 unspecified atom stereocenters. The van der Waals surface area contributed by atoms with Crippen LogP contribution in [0.15, 0.2) is 29.0 Å². The summed E-state index contributed by atoms with van der Waals surface area (Å²) in [6.45, 7) is 0. The first-order chi connectivity index (χ1) is 10.5. The van der Waals surface area contributed by atoms with E-state index in [0.29, 0.717) is 22.8 Å². The number of esters is 1. The second-order valence-corrected chi connectivity index (χ2v) is 4.70. The molecule has 1 aliphatic rings. The van der Waals surface area contributed by atoms with Gasteiger partial charge in [0, 0.05) is 25.9 Å². The molecule has 0 bridgehead atoms. The Hall–Kier alpha value is -2.70. The first kappa shape index (κ1) is 15.7. The van der Waals surface area contributed by atoms with Crippen LogP contribution in [0.25, 0.3) is 0 Å². The molecule has 0 atom stereocenters. The van der Waals surface area contributed by atoms with Gasteiger partial charge in [-0.05, 0) is 12.1 Å². The van der Waals surface area contributed by atoms with Crippen LogP contribution in [0.5, 0.6) is 17.2 Å². The van der Waals surface area contributed by atoms with Gasteiger partial charge in [-0.15, -0.1) is 0 Å². The van der Waals surface area contributed by atoms with E-state index in [1.807, 2.05) is 0 Å². The smallest absolute Gasteiger partial charge is 0.365 e. The van der Waals surface area contributed by atoms with Crippen LogP contribution in [-0.2, 0) is 9.53 Å². The molecule has 0 aromatic heterocycles. The number of nitrogens with zero attached hydrogens (tertiary/aromatic N) is 2. The van der Waals surface area contributed by atoms with Gasteiger partial charge in [0.1, 0.15) is 0 Å². The van der Waals surface area contributed by atoms with Crippen LogP contribution in [0, 0.1) is 0 Å². The van der Waals surface area contributed by atoms with E-state index in [2.05, 4.69) is 4.99 Å². The number of ether oxygens (including phenoxy) is 4. The molecule has 1 heterocycles. The number of aliphatic imine (C=N–C) groups is 1. The van der Waals surface area contributed by atoms with Gasteiger partial charge >= 0.3 is 5.97 Å². The van der Waals surface area contributed by atoms with Crippen molar-refractivity contribution in [1.29, 1.82) is 0 Å². The molecule has 2 rings (SSSR count). The predicted octanol–water partition coefficient (Wildman–Crippen LogP) is 1.42. The third kappa shape index (κ3) is 2.98. The van der Waals surface area contributed by atoms with Crippen LogP contribution in [0.2, 0.25) is 0 Å². The number of hydrogen-bond acceptors (Lipinski definition) is 7. The van der Waals surface area contributed by atoms with Crippen molar-refractivity contribution in [3.63, 3.8) is 0 Å². The molecule has 0 saturated heterocycles. The molecule has 118 valence electrons. The van der Waals surface area contributed by atoms with Gasteiger partial charge in [-0.3, -0.25) is 0 Å². The molecule has 7 heteroatoms. The van der Waals surface area contributed by atoms with Crippen molar-refractivity contribution in [2.75, 3.05) is 35.4 Å². The lowest BCUT2D eigenvalue weighted by molar-refractivity contribution is -0.130. The van der Waals surface area contributed by atoms with Gasteiger partial charge in [-0.2, -0.15) is 0 Å². The lowest BCUT2D eigenvalue weighted by Gasteiger charge is -2.13. The third-order valence-electron chi connectivity index (χ3n) is 2.91. The van der Waals surface area contributed by atoms with Crippen LogP contribution in [0.1, 0.15) is 5.56 Å². The van der Waals surface area contributed by atoms with Crippen LogP contribution in [0.4, 0.5) is 0 Å². The minimum atomic E-state index is -0.502. The molecular formula is C15H18N2O5. The number of hydrogen-bond donors (Lipinski definition) is 0. The molecule has 0 amide bonds. The van der Waals surface area contributed by atoms with E-state index in [1.54, 1.807) is 37.3 Å². The zero-order valence-electron chi connectivity index (χ0n) is 13.2. The fourth-order valence-electron chi connectivity index (χ4n) is 1.97. The van der Waals surface area contributed by atoms with Crippen molar-refractivity contribution in [1.82, 2.24) is 4.90 Å². The molecule has 0 spiro atoms. The fourth-order valence-corrected chi connectivity index (χ4v) is 1.97. The Morgan fingerprint density at radius 2 is 1.68 bits per heavy atom. The van der Waals surface area contributed by atoms with Crippen molar-refractivity contribution in [3.8, 4) is 17.2 Å². The maximum Gasteiger partial charge on any atom is 0.365 e. The minimum absolute atomic E-state index is 0.192. The van der Waals surface area contributed by atoms with Gasteiger partial charge in [-0.25, -0.2) is 9.79 Å². The molecule has 0 N–H and O–H groups in total. The molecular weight excluding hydrogens is 288 g/mol. The van der Waals surface area contributed by atoms with E-state index in [-0.39, 0.29) is 11.6 Å². The summed E-state index contributed by atoms with van der Waals surface area (Å²) in [6.07, 6.45) is 1.59. The van der Waals surface area contributed by atoms with Gasteiger partial charge in [0.05, 0.1) is 21.3 Å². The Balaban J connectivity index is 2.48. The standard InChI is InChI=1S/C15H18N2O5/c1-17(2)8-10-15(18)22-14(16-10)9-6-11(19-3)13(21-5)12(7-9)20-4/h6-8H,1-5H3/b10-8-. The molecule has 0 radical (unpaired) electrons. The van der Waals surface area contributed by atoms with Crippen LogP contribution >= 0.6 is 0 Å². The second kappa shape index (κ2) is 6.38. The van der Waals surface area contributed by atoms with Crippen LogP contribution in [-0.4, -0.2) is 52.2 Å². The fraction of sp³-hybridized carbons (Fsp3) is 0.333. The second-order valence-electron chi connectivity index (χ2n) is 4.70. The first-order valence-electron chi connectivity index (χ1n) is 6.49. The highest BCUT2D eigenvalue weighted by atomic mass is 16.6.